The standard InChI is InChI=1S/C23H20FN3OS2/c1-15(2)29-19-8-5-6-16(12-19)22(28)27(14-18-7-3-4-11-25-18)23-26-20-10-9-17(24)13-21(20)30-23/h3-13,15H,14H2,1-2H3. The van der Waals surface area contributed by atoms with E-state index in [1.54, 1.807) is 28.9 Å². The van der Waals surface area contributed by atoms with Gasteiger partial charge in [-0.05, 0) is 48.5 Å². The van der Waals surface area contributed by atoms with Crippen LogP contribution in [0.2, 0.25) is 0 Å². The predicted molar refractivity (Wildman–Crippen MR) is 122 cm³/mol. The first-order valence-corrected chi connectivity index (χ1v) is 11.2. The molecule has 0 radical (unpaired) electrons. The summed E-state index contributed by atoms with van der Waals surface area (Å²) in [7, 11) is 0. The van der Waals surface area contributed by atoms with E-state index in [4.69, 9.17) is 0 Å². The van der Waals surface area contributed by atoms with Crippen molar-refractivity contribution in [3.8, 4) is 0 Å². The van der Waals surface area contributed by atoms with Crippen LogP contribution in [0.25, 0.3) is 10.2 Å². The van der Waals surface area contributed by atoms with Gasteiger partial charge in [0.2, 0.25) is 0 Å². The highest BCUT2D eigenvalue weighted by molar-refractivity contribution is 7.99. The number of rotatable bonds is 6. The van der Waals surface area contributed by atoms with Gasteiger partial charge in [0.1, 0.15) is 5.82 Å². The van der Waals surface area contributed by atoms with Gasteiger partial charge in [0.15, 0.2) is 5.13 Å². The molecule has 4 rings (SSSR count). The number of benzene rings is 2. The number of nitrogens with zero attached hydrogens (tertiary/aromatic N) is 3. The van der Waals surface area contributed by atoms with E-state index < -0.39 is 0 Å². The molecule has 0 bridgehead atoms. The third-order valence-corrected chi connectivity index (χ3v) is 6.35. The fourth-order valence-corrected chi connectivity index (χ4v) is 4.90. The zero-order chi connectivity index (χ0) is 21.1. The van der Waals surface area contributed by atoms with Gasteiger partial charge in [0.05, 0.1) is 22.5 Å². The number of amides is 1. The molecule has 4 nitrogen and oxygen atoms in total. The fraction of sp³-hybridized carbons (Fsp3) is 0.174. The number of hydrogen-bond donors (Lipinski definition) is 0. The maximum Gasteiger partial charge on any atom is 0.260 e. The number of carbonyl (C=O) groups excluding carboxylic acids is 1. The molecular formula is C23H20FN3OS2. The number of thiazole rings is 1. The van der Waals surface area contributed by atoms with Crippen molar-refractivity contribution in [2.45, 2.75) is 30.5 Å². The second kappa shape index (κ2) is 8.93. The van der Waals surface area contributed by atoms with Crippen LogP contribution in [0.3, 0.4) is 0 Å². The van der Waals surface area contributed by atoms with Crippen molar-refractivity contribution < 1.29 is 9.18 Å². The van der Waals surface area contributed by atoms with Gasteiger partial charge in [-0.15, -0.1) is 11.8 Å². The van der Waals surface area contributed by atoms with Crippen LogP contribution in [0.15, 0.2) is 71.8 Å². The molecular weight excluding hydrogens is 417 g/mol. The largest absolute Gasteiger partial charge is 0.278 e. The Balaban J connectivity index is 1.73. The van der Waals surface area contributed by atoms with E-state index in [1.807, 2.05) is 42.5 Å². The van der Waals surface area contributed by atoms with E-state index >= 15 is 0 Å². The highest BCUT2D eigenvalue weighted by Crippen LogP contribution is 2.32. The molecule has 2 aromatic heterocycles. The summed E-state index contributed by atoms with van der Waals surface area (Å²) in [4.78, 5) is 25.1. The molecule has 0 aliphatic heterocycles. The van der Waals surface area contributed by atoms with Gasteiger partial charge in [-0.1, -0.05) is 37.3 Å². The summed E-state index contributed by atoms with van der Waals surface area (Å²) in [6.07, 6.45) is 1.70. The summed E-state index contributed by atoms with van der Waals surface area (Å²) in [5.41, 5.74) is 2.00. The first-order valence-electron chi connectivity index (χ1n) is 9.54. The van der Waals surface area contributed by atoms with Gasteiger partial charge in [0.25, 0.3) is 5.91 Å². The SMILES string of the molecule is CC(C)Sc1cccc(C(=O)N(Cc2ccccn2)c2nc3ccc(F)cc3s2)c1. The van der Waals surface area contributed by atoms with Crippen molar-refractivity contribution in [3.05, 3.63) is 83.9 Å². The number of hydrogen-bond acceptors (Lipinski definition) is 5. The summed E-state index contributed by atoms with van der Waals surface area (Å²) >= 11 is 3.01. The molecule has 1 amide bonds. The molecule has 4 aromatic rings. The van der Waals surface area contributed by atoms with Crippen LogP contribution < -0.4 is 4.90 Å². The van der Waals surface area contributed by atoms with Crippen molar-refractivity contribution in [1.29, 1.82) is 0 Å². The topological polar surface area (TPSA) is 46.1 Å². The average molecular weight is 438 g/mol. The molecule has 0 atom stereocenters. The number of halogens is 1. The molecule has 152 valence electrons. The van der Waals surface area contributed by atoms with Crippen molar-refractivity contribution >= 4 is 44.4 Å². The summed E-state index contributed by atoms with van der Waals surface area (Å²) in [6.45, 7) is 4.52. The number of fused-ring (bicyclic) bond motifs is 1. The zero-order valence-electron chi connectivity index (χ0n) is 16.6. The van der Waals surface area contributed by atoms with Gasteiger partial charge < -0.3 is 0 Å². The normalized spacial score (nSPS) is 11.2. The van der Waals surface area contributed by atoms with E-state index in [0.717, 1.165) is 10.6 Å². The Morgan fingerprint density at radius 2 is 2.00 bits per heavy atom. The maximum atomic E-state index is 13.7. The predicted octanol–water partition coefficient (Wildman–Crippen LogP) is 6.18. The Morgan fingerprint density at radius 1 is 1.13 bits per heavy atom. The van der Waals surface area contributed by atoms with Crippen LogP contribution in [0, 0.1) is 5.82 Å². The molecule has 0 aliphatic rings. The Kier molecular flexibility index (Phi) is 6.11. The molecule has 0 fully saturated rings. The molecule has 2 heterocycles. The third-order valence-electron chi connectivity index (χ3n) is 4.31. The fourth-order valence-electron chi connectivity index (χ4n) is 3.01. The minimum atomic E-state index is -0.321. The molecule has 0 aliphatic carbocycles. The van der Waals surface area contributed by atoms with Gasteiger partial charge in [-0.3, -0.25) is 14.7 Å². The monoisotopic (exact) mass is 437 g/mol. The first kappa shape index (κ1) is 20.5. The van der Waals surface area contributed by atoms with E-state index in [1.165, 1.54) is 23.5 Å². The second-order valence-corrected chi connectivity index (χ2v) is 9.67. The third kappa shape index (κ3) is 4.68. The molecule has 0 N–H and O–H groups in total. The molecule has 0 spiro atoms. The molecule has 30 heavy (non-hydrogen) atoms. The Labute approximate surface area is 182 Å². The Morgan fingerprint density at radius 3 is 2.77 bits per heavy atom. The van der Waals surface area contributed by atoms with Crippen molar-refractivity contribution in [1.82, 2.24) is 9.97 Å². The van der Waals surface area contributed by atoms with E-state index in [0.29, 0.717) is 26.2 Å². The lowest BCUT2D eigenvalue weighted by Crippen LogP contribution is -2.30. The zero-order valence-corrected chi connectivity index (χ0v) is 18.2. The van der Waals surface area contributed by atoms with Crippen LogP contribution in [-0.4, -0.2) is 21.1 Å². The summed E-state index contributed by atoms with van der Waals surface area (Å²) in [6, 6.07) is 17.7. The van der Waals surface area contributed by atoms with Gasteiger partial charge >= 0.3 is 0 Å². The Hall–Kier alpha value is -2.77. The number of pyridine rings is 1. The number of anilines is 1. The Bertz CT molecular complexity index is 1180. The first-order chi connectivity index (χ1) is 14.5. The van der Waals surface area contributed by atoms with Crippen LogP contribution in [0.1, 0.15) is 29.9 Å². The number of aromatic nitrogens is 2. The number of carbonyl (C=O) groups is 1. The van der Waals surface area contributed by atoms with Crippen LogP contribution >= 0.6 is 23.1 Å². The molecule has 7 heteroatoms. The quantitative estimate of drug-likeness (QED) is 0.338. The summed E-state index contributed by atoms with van der Waals surface area (Å²) in [5, 5.41) is 0.937. The molecule has 0 saturated heterocycles. The van der Waals surface area contributed by atoms with Crippen molar-refractivity contribution in [2.24, 2.45) is 0 Å². The van der Waals surface area contributed by atoms with Crippen molar-refractivity contribution in [2.75, 3.05) is 4.90 Å². The van der Waals surface area contributed by atoms with Gasteiger partial charge in [-0.25, -0.2) is 9.37 Å². The van der Waals surface area contributed by atoms with Crippen LogP contribution in [0.5, 0.6) is 0 Å². The number of thioether (sulfide) groups is 1. The van der Waals surface area contributed by atoms with Gasteiger partial charge in [-0.2, -0.15) is 0 Å². The lowest BCUT2D eigenvalue weighted by molar-refractivity contribution is 0.0984. The minimum absolute atomic E-state index is 0.161. The average Bonchev–Trinajstić information content (AvgIpc) is 3.15. The van der Waals surface area contributed by atoms with Crippen LogP contribution in [0.4, 0.5) is 9.52 Å². The summed E-state index contributed by atoms with van der Waals surface area (Å²) < 4.78 is 14.4. The van der Waals surface area contributed by atoms with Gasteiger partial charge in [0, 0.05) is 21.9 Å². The van der Waals surface area contributed by atoms with Crippen molar-refractivity contribution in [3.63, 3.8) is 0 Å². The minimum Gasteiger partial charge on any atom is -0.278 e. The maximum absolute atomic E-state index is 13.7. The highest BCUT2D eigenvalue weighted by Gasteiger charge is 2.23. The van der Waals surface area contributed by atoms with E-state index in [-0.39, 0.29) is 18.3 Å². The second-order valence-electron chi connectivity index (χ2n) is 7.02. The molecule has 0 unspecified atom stereocenters. The lowest BCUT2D eigenvalue weighted by atomic mass is 10.2. The highest BCUT2D eigenvalue weighted by atomic mass is 32.2. The van der Waals surface area contributed by atoms with E-state index in [9.17, 15) is 9.18 Å². The van der Waals surface area contributed by atoms with Crippen LogP contribution in [-0.2, 0) is 6.54 Å². The van der Waals surface area contributed by atoms with E-state index in [2.05, 4.69) is 23.8 Å². The molecule has 2 aromatic carbocycles. The lowest BCUT2D eigenvalue weighted by Gasteiger charge is -2.20. The molecule has 0 saturated carbocycles. The summed E-state index contributed by atoms with van der Waals surface area (Å²) in [5.74, 6) is -0.481. The smallest absolute Gasteiger partial charge is 0.260 e.